The summed E-state index contributed by atoms with van der Waals surface area (Å²) < 4.78 is 11.2. The van der Waals surface area contributed by atoms with Crippen LogP contribution < -0.4 is 15.4 Å². The quantitative estimate of drug-likeness (QED) is 0.781. The van der Waals surface area contributed by atoms with Crippen LogP contribution in [0.3, 0.4) is 0 Å². The predicted molar refractivity (Wildman–Crippen MR) is 75.3 cm³/mol. The van der Waals surface area contributed by atoms with E-state index in [1.807, 2.05) is 12.1 Å². The highest BCUT2D eigenvalue weighted by atomic mass is 16.5. The smallest absolute Gasteiger partial charge is 0.234 e. The highest BCUT2D eigenvalue weighted by Gasteiger charge is 2.30. The third kappa shape index (κ3) is 1.94. The van der Waals surface area contributed by atoms with Gasteiger partial charge in [0, 0.05) is 30.0 Å². The first-order valence-corrected chi connectivity index (χ1v) is 6.98. The molecule has 2 N–H and O–H groups in total. The summed E-state index contributed by atoms with van der Waals surface area (Å²) in [4.78, 5) is 23.3. The average molecular weight is 286 g/mol. The number of piperidine rings is 1. The number of anilines is 1. The number of furan rings is 1. The van der Waals surface area contributed by atoms with E-state index in [2.05, 4.69) is 10.6 Å². The molecule has 2 aliphatic rings. The zero-order valence-electron chi connectivity index (χ0n) is 11.3. The van der Waals surface area contributed by atoms with Crippen molar-refractivity contribution >= 4 is 28.5 Å². The van der Waals surface area contributed by atoms with E-state index < -0.39 is 0 Å². The molecule has 21 heavy (non-hydrogen) atoms. The molecule has 108 valence electrons. The normalized spacial score (nSPS) is 21.4. The second kappa shape index (κ2) is 4.51. The Morgan fingerprint density at radius 2 is 2.14 bits per heavy atom. The number of hydrogen-bond acceptors (Lipinski definition) is 5. The van der Waals surface area contributed by atoms with E-state index in [0.29, 0.717) is 25.0 Å². The Morgan fingerprint density at radius 1 is 1.24 bits per heavy atom. The lowest BCUT2D eigenvalue weighted by Gasteiger charge is -2.21. The van der Waals surface area contributed by atoms with E-state index >= 15 is 0 Å². The molecular weight excluding hydrogens is 272 g/mol. The van der Waals surface area contributed by atoms with Crippen LogP contribution >= 0.6 is 0 Å². The van der Waals surface area contributed by atoms with Crippen LogP contribution in [0.4, 0.5) is 5.69 Å². The molecule has 1 aromatic heterocycles. The summed E-state index contributed by atoms with van der Waals surface area (Å²) in [5.41, 5.74) is 2.43. The third-order valence-electron chi connectivity index (χ3n) is 4.00. The fraction of sp³-hybridized carbons (Fsp3) is 0.333. The van der Waals surface area contributed by atoms with Gasteiger partial charge in [-0.05, 0) is 12.5 Å². The van der Waals surface area contributed by atoms with Gasteiger partial charge in [0.15, 0.2) is 0 Å². The fourth-order valence-corrected chi connectivity index (χ4v) is 2.94. The SMILES string of the molecule is O=C1CC[C@@H](c2coc3cc4c(cc23)OCCN4)C(=O)N1. The van der Waals surface area contributed by atoms with Crippen molar-refractivity contribution in [1.82, 2.24) is 5.32 Å². The Bertz CT molecular complexity index is 749. The summed E-state index contributed by atoms with van der Waals surface area (Å²) in [6.45, 7) is 1.38. The molecule has 1 saturated heterocycles. The van der Waals surface area contributed by atoms with Gasteiger partial charge >= 0.3 is 0 Å². The van der Waals surface area contributed by atoms with Crippen LogP contribution in [0.5, 0.6) is 5.75 Å². The summed E-state index contributed by atoms with van der Waals surface area (Å²) in [5, 5.41) is 6.50. The number of fused-ring (bicyclic) bond motifs is 2. The molecule has 0 bridgehead atoms. The van der Waals surface area contributed by atoms with Crippen molar-refractivity contribution in [1.29, 1.82) is 0 Å². The molecule has 3 heterocycles. The second-order valence-electron chi connectivity index (χ2n) is 5.31. The van der Waals surface area contributed by atoms with Crippen molar-refractivity contribution < 1.29 is 18.7 Å². The van der Waals surface area contributed by atoms with Crippen molar-refractivity contribution in [2.75, 3.05) is 18.5 Å². The Labute approximate surface area is 120 Å². The molecule has 0 aliphatic carbocycles. The van der Waals surface area contributed by atoms with Gasteiger partial charge in [0.25, 0.3) is 0 Å². The maximum atomic E-state index is 12.0. The number of hydrogen-bond donors (Lipinski definition) is 2. The number of carbonyl (C=O) groups is 2. The standard InChI is InChI=1S/C15H14N2O4/c18-14-2-1-8(15(19)17-14)10-7-21-12-6-11-13(5-9(10)12)20-4-3-16-11/h5-8,16H,1-4H2,(H,17,18,19)/t8-/m0/s1. The maximum Gasteiger partial charge on any atom is 0.234 e. The first-order chi connectivity index (χ1) is 10.2. The van der Waals surface area contributed by atoms with Gasteiger partial charge in [-0.3, -0.25) is 14.9 Å². The molecule has 1 atom stereocenters. The topological polar surface area (TPSA) is 80.6 Å². The van der Waals surface area contributed by atoms with E-state index in [0.717, 1.165) is 28.9 Å². The Morgan fingerprint density at radius 3 is 3.00 bits per heavy atom. The van der Waals surface area contributed by atoms with Gasteiger partial charge in [0.1, 0.15) is 17.9 Å². The van der Waals surface area contributed by atoms with Crippen molar-refractivity contribution in [3.8, 4) is 5.75 Å². The lowest BCUT2D eigenvalue weighted by atomic mass is 9.90. The number of benzene rings is 1. The highest BCUT2D eigenvalue weighted by molar-refractivity contribution is 6.03. The maximum absolute atomic E-state index is 12.0. The number of ether oxygens (including phenoxy) is 1. The van der Waals surface area contributed by atoms with Gasteiger partial charge in [-0.1, -0.05) is 0 Å². The zero-order valence-corrected chi connectivity index (χ0v) is 11.3. The van der Waals surface area contributed by atoms with Crippen molar-refractivity contribution in [2.45, 2.75) is 18.8 Å². The lowest BCUT2D eigenvalue weighted by Crippen LogP contribution is -2.39. The van der Waals surface area contributed by atoms with E-state index in [9.17, 15) is 9.59 Å². The Balaban J connectivity index is 1.79. The summed E-state index contributed by atoms with van der Waals surface area (Å²) in [6.07, 6.45) is 2.47. The second-order valence-corrected chi connectivity index (χ2v) is 5.31. The number of imide groups is 1. The number of nitrogens with one attached hydrogen (secondary N) is 2. The summed E-state index contributed by atoms with van der Waals surface area (Å²) in [5.74, 6) is -0.0538. The van der Waals surface area contributed by atoms with E-state index in [1.165, 1.54) is 0 Å². The molecule has 0 unspecified atom stereocenters. The van der Waals surface area contributed by atoms with Crippen molar-refractivity contribution in [3.63, 3.8) is 0 Å². The summed E-state index contributed by atoms with van der Waals surface area (Å²) in [7, 11) is 0. The molecule has 6 heteroatoms. The molecule has 2 aromatic rings. The van der Waals surface area contributed by atoms with Crippen LogP contribution in [0.2, 0.25) is 0 Å². The molecule has 0 radical (unpaired) electrons. The van der Waals surface area contributed by atoms with Crippen LogP contribution in [-0.2, 0) is 9.59 Å². The van der Waals surface area contributed by atoms with Crippen LogP contribution in [0, 0.1) is 0 Å². The van der Waals surface area contributed by atoms with Gasteiger partial charge in [-0.15, -0.1) is 0 Å². The van der Waals surface area contributed by atoms with Gasteiger partial charge in [0.2, 0.25) is 11.8 Å². The molecular formula is C15H14N2O4. The number of amides is 2. The molecule has 4 rings (SSSR count). The summed E-state index contributed by atoms with van der Waals surface area (Å²) >= 11 is 0. The Kier molecular flexibility index (Phi) is 2.63. The van der Waals surface area contributed by atoms with Crippen LogP contribution in [0.25, 0.3) is 11.0 Å². The van der Waals surface area contributed by atoms with Gasteiger partial charge < -0.3 is 14.5 Å². The first-order valence-electron chi connectivity index (χ1n) is 6.98. The minimum atomic E-state index is -0.349. The number of carbonyl (C=O) groups excluding carboxylic acids is 2. The minimum absolute atomic E-state index is 0.214. The molecule has 2 aliphatic heterocycles. The number of rotatable bonds is 1. The monoisotopic (exact) mass is 286 g/mol. The zero-order chi connectivity index (χ0) is 14.4. The fourth-order valence-electron chi connectivity index (χ4n) is 2.94. The van der Waals surface area contributed by atoms with Crippen molar-refractivity contribution in [3.05, 3.63) is 24.0 Å². The molecule has 6 nitrogen and oxygen atoms in total. The van der Waals surface area contributed by atoms with Crippen LogP contribution in [0.15, 0.2) is 22.8 Å². The van der Waals surface area contributed by atoms with Gasteiger partial charge in [-0.2, -0.15) is 0 Å². The minimum Gasteiger partial charge on any atom is -0.490 e. The molecule has 1 fully saturated rings. The largest absolute Gasteiger partial charge is 0.490 e. The van der Waals surface area contributed by atoms with E-state index in [1.54, 1.807) is 6.26 Å². The van der Waals surface area contributed by atoms with Crippen molar-refractivity contribution in [2.24, 2.45) is 0 Å². The van der Waals surface area contributed by atoms with E-state index in [4.69, 9.17) is 9.15 Å². The first kappa shape index (κ1) is 12.3. The van der Waals surface area contributed by atoms with Crippen LogP contribution in [-0.4, -0.2) is 25.0 Å². The van der Waals surface area contributed by atoms with Gasteiger partial charge in [-0.25, -0.2) is 0 Å². The third-order valence-corrected chi connectivity index (χ3v) is 4.00. The molecule has 0 spiro atoms. The van der Waals surface area contributed by atoms with Crippen LogP contribution in [0.1, 0.15) is 24.3 Å². The highest BCUT2D eigenvalue weighted by Crippen LogP contribution is 2.38. The molecule has 0 saturated carbocycles. The van der Waals surface area contributed by atoms with Gasteiger partial charge in [0.05, 0.1) is 17.9 Å². The molecule has 2 amide bonds. The average Bonchev–Trinajstić information content (AvgIpc) is 2.88. The van der Waals surface area contributed by atoms with E-state index in [-0.39, 0.29) is 17.7 Å². The lowest BCUT2D eigenvalue weighted by molar-refractivity contribution is -0.134. The Hall–Kier alpha value is -2.50. The summed E-state index contributed by atoms with van der Waals surface area (Å²) in [6, 6.07) is 3.79. The molecule has 1 aromatic carbocycles. The predicted octanol–water partition coefficient (Wildman–Crippen LogP) is 1.76.